The maximum Gasteiger partial charge on any atom is 0.0678 e. The molecule has 72 valence electrons. The highest BCUT2D eigenvalue weighted by molar-refractivity contribution is 5.38. The number of rotatable bonds is 2. The van der Waals surface area contributed by atoms with Gasteiger partial charge in [0.25, 0.3) is 0 Å². The summed E-state index contributed by atoms with van der Waals surface area (Å²) in [5.74, 6) is 0. The van der Waals surface area contributed by atoms with Gasteiger partial charge in [0.1, 0.15) is 0 Å². The Morgan fingerprint density at radius 1 is 1.38 bits per heavy atom. The molecule has 0 aromatic carbocycles. The van der Waals surface area contributed by atoms with Crippen LogP contribution in [0.25, 0.3) is 0 Å². The van der Waals surface area contributed by atoms with Crippen molar-refractivity contribution < 1.29 is 4.74 Å². The van der Waals surface area contributed by atoms with Gasteiger partial charge in [-0.1, -0.05) is 12.2 Å². The minimum Gasteiger partial charge on any atom is -0.378 e. The largest absolute Gasteiger partial charge is 0.378 e. The van der Waals surface area contributed by atoms with Gasteiger partial charge in [0, 0.05) is 12.0 Å². The third kappa shape index (κ3) is 0.864. The standard InChI is InChI=1S/C12H18O/c1-3-13-10-8-12(10)7-6-11(4-5-11)9(12)2/h10H,2-8H2,1H3. The summed E-state index contributed by atoms with van der Waals surface area (Å²) >= 11 is 0. The summed E-state index contributed by atoms with van der Waals surface area (Å²) in [6.45, 7) is 7.30. The fraction of sp³-hybridized carbons (Fsp3) is 0.833. The van der Waals surface area contributed by atoms with E-state index in [9.17, 15) is 0 Å². The fourth-order valence-electron chi connectivity index (χ4n) is 3.27. The molecule has 3 rings (SSSR count). The Balaban J connectivity index is 1.78. The SMILES string of the molecule is C=C1C2(CC2)CCC12CC2OCC. The second-order valence-corrected chi connectivity index (χ2v) is 5.06. The lowest BCUT2D eigenvalue weighted by atomic mass is 9.94. The normalized spacial score (nSPS) is 44.7. The van der Waals surface area contributed by atoms with E-state index < -0.39 is 0 Å². The van der Waals surface area contributed by atoms with Crippen molar-refractivity contribution in [3.63, 3.8) is 0 Å². The van der Waals surface area contributed by atoms with E-state index in [0.29, 0.717) is 16.9 Å². The van der Waals surface area contributed by atoms with Crippen molar-refractivity contribution in [3.05, 3.63) is 12.2 Å². The molecule has 0 aliphatic heterocycles. The van der Waals surface area contributed by atoms with Gasteiger partial charge in [0.2, 0.25) is 0 Å². The molecule has 0 radical (unpaired) electrons. The molecule has 0 N–H and O–H groups in total. The molecular weight excluding hydrogens is 160 g/mol. The molecule has 0 aromatic heterocycles. The first kappa shape index (κ1) is 8.05. The van der Waals surface area contributed by atoms with Crippen LogP contribution in [0, 0.1) is 10.8 Å². The van der Waals surface area contributed by atoms with E-state index in [1.165, 1.54) is 32.1 Å². The Hall–Kier alpha value is -0.300. The molecule has 2 atom stereocenters. The molecule has 2 unspecified atom stereocenters. The molecule has 0 saturated heterocycles. The zero-order valence-corrected chi connectivity index (χ0v) is 8.44. The predicted octanol–water partition coefficient (Wildman–Crippen LogP) is 2.91. The zero-order chi connectivity index (χ0) is 9.10. The van der Waals surface area contributed by atoms with Crippen LogP contribution in [0.2, 0.25) is 0 Å². The van der Waals surface area contributed by atoms with E-state index in [2.05, 4.69) is 13.5 Å². The summed E-state index contributed by atoms with van der Waals surface area (Å²) in [5.41, 5.74) is 2.61. The van der Waals surface area contributed by atoms with Crippen molar-refractivity contribution >= 4 is 0 Å². The van der Waals surface area contributed by atoms with Gasteiger partial charge >= 0.3 is 0 Å². The summed E-state index contributed by atoms with van der Waals surface area (Å²) in [6.07, 6.45) is 7.37. The van der Waals surface area contributed by atoms with Crippen molar-refractivity contribution in [1.82, 2.24) is 0 Å². The zero-order valence-electron chi connectivity index (χ0n) is 8.44. The molecule has 0 amide bonds. The van der Waals surface area contributed by atoms with Gasteiger partial charge in [-0.05, 0) is 44.4 Å². The van der Waals surface area contributed by atoms with Gasteiger partial charge in [-0.15, -0.1) is 0 Å². The molecule has 1 nitrogen and oxygen atoms in total. The fourth-order valence-corrected chi connectivity index (χ4v) is 3.27. The van der Waals surface area contributed by atoms with Gasteiger partial charge < -0.3 is 4.74 Å². The topological polar surface area (TPSA) is 9.23 Å². The van der Waals surface area contributed by atoms with Gasteiger partial charge in [-0.2, -0.15) is 0 Å². The van der Waals surface area contributed by atoms with E-state index >= 15 is 0 Å². The van der Waals surface area contributed by atoms with E-state index in [4.69, 9.17) is 4.74 Å². The molecule has 3 aliphatic rings. The monoisotopic (exact) mass is 178 g/mol. The average Bonchev–Trinajstić information content (AvgIpc) is 2.94. The van der Waals surface area contributed by atoms with Crippen molar-refractivity contribution in [2.45, 2.75) is 45.1 Å². The molecule has 2 spiro atoms. The quantitative estimate of drug-likeness (QED) is 0.591. The molecule has 3 aliphatic carbocycles. The van der Waals surface area contributed by atoms with E-state index in [1.54, 1.807) is 5.57 Å². The van der Waals surface area contributed by atoms with E-state index in [1.807, 2.05) is 0 Å². The van der Waals surface area contributed by atoms with Gasteiger partial charge in [0.05, 0.1) is 6.10 Å². The average molecular weight is 178 g/mol. The first-order valence-electron chi connectivity index (χ1n) is 5.55. The number of hydrogen-bond donors (Lipinski definition) is 0. The molecule has 13 heavy (non-hydrogen) atoms. The van der Waals surface area contributed by atoms with Crippen LogP contribution in [0.5, 0.6) is 0 Å². The lowest BCUT2D eigenvalue weighted by molar-refractivity contribution is 0.109. The van der Waals surface area contributed by atoms with Crippen LogP contribution < -0.4 is 0 Å². The summed E-state index contributed by atoms with van der Waals surface area (Å²) < 4.78 is 5.72. The number of hydrogen-bond acceptors (Lipinski definition) is 1. The minimum atomic E-state index is 0.451. The molecule has 0 bridgehead atoms. The van der Waals surface area contributed by atoms with Crippen molar-refractivity contribution in [3.8, 4) is 0 Å². The number of ether oxygens (including phenoxy) is 1. The van der Waals surface area contributed by atoms with Crippen LogP contribution >= 0.6 is 0 Å². The summed E-state index contributed by atoms with van der Waals surface area (Å²) in [7, 11) is 0. The third-order valence-electron chi connectivity index (χ3n) is 4.52. The Labute approximate surface area is 80.2 Å². The highest BCUT2D eigenvalue weighted by Crippen LogP contribution is 2.74. The highest BCUT2D eigenvalue weighted by Gasteiger charge is 2.68. The minimum absolute atomic E-state index is 0.451. The molecule has 0 heterocycles. The van der Waals surface area contributed by atoms with Crippen LogP contribution in [0.1, 0.15) is 39.0 Å². The molecule has 3 fully saturated rings. The summed E-state index contributed by atoms with van der Waals surface area (Å²) in [6, 6.07) is 0. The molecule has 0 aromatic rings. The van der Waals surface area contributed by atoms with Crippen molar-refractivity contribution in [2.24, 2.45) is 10.8 Å². The summed E-state index contributed by atoms with van der Waals surface area (Å²) in [5, 5.41) is 0. The Kier molecular flexibility index (Phi) is 1.36. The van der Waals surface area contributed by atoms with Crippen molar-refractivity contribution in [1.29, 1.82) is 0 Å². The first-order chi connectivity index (χ1) is 6.23. The smallest absolute Gasteiger partial charge is 0.0678 e. The van der Waals surface area contributed by atoms with Crippen LogP contribution in [-0.2, 0) is 4.74 Å². The lowest BCUT2D eigenvalue weighted by Gasteiger charge is -2.13. The first-order valence-corrected chi connectivity index (χ1v) is 5.55. The van der Waals surface area contributed by atoms with E-state index in [-0.39, 0.29) is 0 Å². The van der Waals surface area contributed by atoms with Gasteiger partial charge in [0.15, 0.2) is 0 Å². The maximum absolute atomic E-state index is 5.72. The molecular formula is C12H18O. The lowest BCUT2D eigenvalue weighted by Crippen LogP contribution is -2.09. The van der Waals surface area contributed by atoms with E-state index in [0.717, 1.165) is 6.61 Å². The second-order valence-electron chi connectivity index (χ2n) is 5.06. The van der Waals surface area contributed by atoms with Crippen LogP contribution in [0.15, 0.2) is 12.2 Å². The Morgan fingerprint density at radius 3 is 2.62 bits per heavy atom. The third-order valence-corrected chi connectivity index (χ3v) is 4.52. The maximum atomic E-state index is 5.72. The van der Waals surface area contributed by atoms with Gasteiger partial charge in [-0.3, -0.25) is 0 Å². The Bertz CT molecular complexity index is 264. The molecule has 3 saturated carbocycles. The van der Waals surface area contributed by atoms with Gasteiger partial charge in [-0.25, -0.2) is 0 Å². The van der Waals surface area contributed by atoms with Crippen LogP contribution in [-0.4, -0.2) is 12.7 Å². The second kappa shape index (κ2) is 2.20. The predicted molar refractivity (Wildman–Crippen MR) is 52.5 cm³/mol. The van der Waals surface area contributed by atoms with Crippen LogP contribution in [0.4, 0.5) is 0 Å². The molecule has 1 heteroatoms. The Morgan fingerprint density at radius 2 is 2.08 bits per heavy atom. The summed E-state index contributed by atoms with van der Waals surface area (Å²) in [4.78, 5) is 0. The highest BCUT2D eigenvalue weighted by atomic mass is 16.5. The van der Waals surface area contributed by atoms with Crippen LogP contribution in [0.3, 0.4) is 0 Å². The van der Waals surface area contributed by atoms with Crippen molar-refractivity contribution in [2.75, 3.05) is 6.61 Å².